The number of rotatable bonds is 5. The van der Waals surface area contributed by atoms with E-state index in [-0.39, 0.29) is 0 Å². The van der Waals surface area contributed by atoms with E-state index in [2.05, 4.69) is 11.8 Å². The Hall–Kier alpha value is -0.440. The minimum absolute atomic E-state index is 0.340. The van der Waals surface area contributed by atoms with E-state index in [1.807, 2.05) is 18.2 Å². The fourth-order valence-corrected chi connectivity index (χ4v) is 2.77. The Morgan fingerprint density at radius 3 is 2.89 bits per heavy atom. The van der Waals surface area contributed by atoms with Crippen LogP contribution in [0, 0.1) is 0 Å². The first-order valence-electron chi connectivity index (χ1n) is 6.45. The average Bonchev–Trinajstić information content (AvgIpc) is 2.88. The Kier molecular flexibility index (Phi) is 5.16. The summed E-state index contributed by atoms with van der Waals surface area (Å²) in [5.41, 5.74) is 2.26. The summed E-state index contributed by atoms with van der Waals surface area (Å²) in [7, 11) is 0. The minimum atomic E-state index is 0.340. The maximum atomic E-state index is 6.09. The third-order valence-electron chi connectivity index (χ3n) is 3.36. The smallest absolute Gasteiger partial charge is 0.0750 e. The molecule has 0 aliphatic carbocycles. The topological polar surface area (TPSA) is 12.5 Å². The van der Waals surface area contributed by atoms with Gasteiger partial charge in [-0.3, -0.25) is 0 Å². The maximum Gasteiger partial charge on any atom is 0.0750 e. The Bertz CT molecular complexity index is 391. The van der Waals surface area contributed by atoms with Crippen molar-refractivity contribution in [2.24, 2.45) is 0 Å². The Balaban J connectivity index is 2.17. The van der Waals surface area contributed by atoms with Gasteiger partial charge in [0.2, 0.25) is 0 Å². The zero-order chi connectivity index (χ0) is 13.0. The summed E-state index contributed by atoms with van der Waals surface area (Å²) in [5.74, 6) is 0.508. The van der Waals surface area contributed by atoms with Crippen molar-refractivity contribution >= 4 is 28.9 Å². The number of halogens is 2. The van der Waals surface area contributed by atoms with E-state index in [1.54, 1.807) is 0 Å². The van der Waals surface area contributed by atoms with Crippen molar-refractivity contribution < 1.29 is 4.74 Å². The number of benzene rings is 1. The molecule has 18 heavy (non-hydrogen) atoms. The van der Waals surface area contributed by atoms with Crippen molar-refractivity contribution in [1.82, 2.24) is 0 Å². The van der Waals surface area contributed by atoms with Crippen LogP contribution in [0.15, 0.2) is 18.2 Å². The number of alkyl halides is 1. The van der Waals surface area contributed by atoms with Crippen molar-refractivity contribution in [3.63, 3.8) is 0 Å². The van der Waals surface area contributed by atoms with Crippen LogP contribution in [0.1, 0.15) is 25.3 Å². The highest BCUT2D eigenvalue weighted by atomic mass is 35.5. The molecular weight excluding hydrogens is 269 g/mol. The van der Waals surface area contributed by atoms with Gasteiger partial charge in [-0.05, 0) is 37.5 Å². The molecular formula is C14H19Cl2NO. The van der Waals surface area contributed by atoms with Crippen molar-refractivity contribution in [2.75, 3.05) is 24.6 Å². The van der Waals surface area contributed by atoms with Gasteiger partial charge in [-0.25, -0.2) is 0 Å². The summed E-state index contributed by atoms with van der Waals surface area (Å²) in [6.45, 7) is 4.89. The zero-order valence-corrected chi connectivity index (χ0v) is 12.2. The quantitative estimate of drug-likeness (QED) is 0.757. The minimum Gasteiger partial charge on any atom is -0.376 e. The van der Waals surface area contributed by atoms with Crippen LogP contribution in [-0.2, 0) is 10.6 Å². The lowest BCUT2D eigenvalue weighted by Crippen LogP contribution is -2.32. The highest BCUT2D eigenvalue weighted by Crippen LogP contribution is 2.27. The SMILES string of the molecule is CCN(CC1CCCO1)c1cc(Cl)ccc1CCl. The van der Waals surface area contributed by atoms with Crippen LogP contribution in [0.2, 0.25) is 5.02 Å². The van der Waals surface area contributed by atoms with E-state index in [0.717, 1.165) is 42.4 Å². The van der Waals surface area contributed by atoms with Gasteiger partial charge in [0.05, 0.1) is 6.10 Å². The second kappa shape index (κ2) is 6.65. The maximum absolute atomic E-state index is 6.09. The fraction of sp³-hybridized carbons (Fsp3) is 0.571. The van der Waals surface area contributed by atoms with Crippen LogP contribution in [0.25, 0.3) is 0 Å². The van der Waals surface area contributed by atoms with Gasteiger partial charge in [-0.2, -0.15) is 0 Å². The van der Waals surface area contributed by atoms with E-state index in [9.17, 15) is 0 Å². The molecule has 0 spiro atoms. The molecule has 0 bridgehead atoms. The van der Waals surface area contributed by atoms with Crippen molar-refractivity contribution in [3.8, 4) is 0 Å². The molecule has 1 aliphatic rings. The van der Waals surface area contributed by atoms with Gasteiger partial charge < -0.3 is 9.64 Å². The summed E-state index contributed by atoms with van der Waals surface area (Å²) >= 11 is 12.1. The number of likely N-dealkylation sites (N-methyl/N-ethyl adjacent to an activating group) is 1. The van der Waals surface area contributed by atoms with Gasteiger partial charge in [0.15, 0.2) is 0 Å². The van der Waals surface area contributed by atoms with Crippen LogP contribution in [0.3, 0.4) is 0 Å². The predicted octanol–water partition coefficient (Wildman–Crippen LogP) is 4.08. The number of anilines is 1. The van der Waals surface area contributed by atoms with Gasteiger partial charge in [0.1, 0.15) is 0 Å². The normalized spacial score (nSPS) is 19.2. The Labute approximate surface area is 119 Å². The molecule has 100 valence electrons. The molecule has 0 N–H and O–H groups in total. The highest BCUT2D eigenvalue weighted by molar-refractivity contribution is 6.31. The van der Waals surface area contributed by atoms with E-state index < -0.39 is 0 Å². The molecule has 0 radical (unpaired) electrons. The molecule has 0 aromatic heterocycles. The van der Waals surface area contributed by atoms with Crippen LogP contribution in [-0.4, -0.2) is 25.8 Å². The number of hydrogen-bond acceptors (Lipinski definition) is 2. The third-order valence-corrected chi connectivity index (χ3v) is 3.88. The molecule has 1 unspecified atom stereocenters. The molecule has 1 heterocycles. The lowest BCUT2D eigenvalue weighted by Gasteiger charge is -2.28. The first-order chi connectivity index (χ1) is 8.74. The number of ether oxygens (including phenoxy) is 1. The summed E-state index contributed by atoms with van der Waals surface area (Å²) in [6.07, 6.45) is 2.65. The number of hydrogen-bond donors (Lipinski definition) is 0. The fourth-order valence-electron chi connectivity index (χ4n) is 2.38. The largest absolute Gasteiger partial charge is 0.376 e. The lowest BCUT2D eigenvalue weighted by molar-refractivity contribution is 0.115. The molecule has 1 aromatic carbocycles. The summed E-state index contributed by atoms with van der Waals surface area (Å²) < 4.78 is 5.70. The molecule has 0 amide bonds. The van der Waals surface area contributed by atoms with Crippen LogP contribution >= 0.6 is 23.2 Å². The molecule has 1 atom stereocenters. The van der Waals surface area contributed by atoms with Crippen LogP contribution in [0.5, 0.6) is 0 Å². The molecule has 2 nitrogen and oxygen atoms in total. The molecule has 0 saturated carbocycles. The van der Waals surface area contributed by atoms with E-state index in [1.165, 1.54) is 6.42 Å². The lowest BCUT2D eigenvalue weighted by atomic mass is 10.1. The summed E-state index contributed by atoms with van der Waals surface area (Å²) in [4.78, 5) is 2.31. The van der Waals surface area contributed by atoms with E-state index >= 15 is 0 Å². The summed E-state index contributed by atoms with van der Waals surface area (Å²) in [5, 5.41) is 0.754. The molecule has 1 aliphatic heterocycles. The number of nitrogens with zero attached hydrogens (tertiary/aromatic N) is 1. The van der Waals surface area contributed by atoms with Gasteiger partial charge in [-0.1, -0.05) is 17.7 Å². The Morgan fingerprint density at radius 1 is 1.44 bits per heavy atom. The molecule has 4 heteroatoms. The highest BCUT2D eigenvalue weighted by Gasteiger charge is 2.20. The van der Waals surface area contributed by atoms with Crippen LogP contribution < -0.4 is 4.90 Å². The van der Waals surface area contributed by atoms with Crippen molar-refractivity contribution in [1.29, 1.82) is 0 Å². The first-order valence-corrected chi connectivity index (χ1v) is 7.36. The average molecular weight is 288 g/mol. The second-order valence-electron chi connectivity index (χ2n) is 4.58. The monoisotopic (exact) mass is 287 g/mol. The van der Waals surface area contributed by atoms with Gasteiger partial charge in [0.25, 0.3) is 0 Å². The predicted molar refractivity (Wildman–Crippen MR) is 77.9 cm³/mol. The molecule has 1 aromatic rings. The van der Waals surface area contributed by atoms with Crippen LogP contribution in [0.4, 0.5) is 5.69 Å². The Morgan fingerprint density at radius 2 is 2.28 bits per heavy atom. The first kappa shape index (κ1) is 14.0. The van der Waals surface area contributed by atoms with Crippen molar-refractivity contribution in [3.05, 3.63) is 28.8 Å². The van der Waals surface area contributed by atoms with Gasteiger partial charge in [-0.15, -0.1) is 11.6 Å². The molecule has 2 rings (SSSR count). The van der Waals surface area contributed by atoms with E-state index in [0.29, 0.717) is 12.0 Å². The standard InChI is InChI=1S/C14H19Cl2NO/c1-2-17(10-13-4-3-7-18-13)14-8-12(16)6-5-11(14)9-15/h5-6,8,13H,2-4,7,9-10H2,1H3. The molecule has 1 saturated heterocycles. The van der Waals surface area contributed by atoms with Gasteiger partial charge in [0, 0.05) is 36.3 Å². The zero-order valence-electron chi connectivity index (χ0n) is 10.7. The van der Waals surface area contributed by atoms with Gasteiger partial charge >= 0.3 is 0 Å². The second-order valence-corrected chi connectivity index (χ2v) is 5.28. The summed E-state index contributed by atoms with van der Waals surface area (Å²) in [6, 6.07) is 5.89. The molecule has 1 fully saturated rings. The third kappa shape index (κ3) is 3.31. The van der Waals surface area contributed by atoms with Crippen molar-refractivity contribution in [2.45, 2.75) is 31.7 Å². The van der Waals surface area contributed by atoms with E-state index in [4.69, 9.17) is 27.9 Å².